The van der Waals surface area contributed by atoms with Gasteiger partial charge in [0.1, 0.15) is 0 Å². The average Bonchev–Trinajstić information content (AvgIpc) is 2.89. The Kier molecular flexibility index (Phi) is 5.27. The fraction of sp³-hybridized carbons (Fsp3) is 1.00. The molecule has 1 aliphatic heterocycles. The molecule has 112 valence electrons. The Hall–Kier alpha value is -0.120. The lowest BCUT2D eigenvalue weighted by Gasteiger charge is -2.48. The van der Waals surface area contributed by atoms with Crippen LogP contribution in [0.1, 0.15) is 52.9 Å². The molecule has 0 radical (unpaired) electrons. The highest BCUT2D eigenvalue weighted by molar-refractivity contribution is 5.00. The minimum atomic E-state index is -0.0855. The first kappa shape index (κ1) is 15.3. The molecule has 1 saturated carbocycles. The third-order valence-electron chi connectivity index (χ3n) is 5.19. The second-order valence-electron chi connectivity index (χ2n) is 7.07. The molecule has 2 fully saturated rings. The number of rotatable bonds is 5. The summed E-state index contributed by atoms with van der Waals surface area (Å²) in [6.45, 7) is 8.96. The molecule has 1 saturated heterocycles. The van der Waals surface area contributed by atoms with Crippen LogP contribution in [-0.2, 0) is 4.74 Å². The maximum Gasteiger partial charge on any atom is 0.0700 e. The Morgan fingerprint density at radius 1 is 1.32 bits per heavy atom. The molecule has 2 rings (SSSR count). The van der Waals surface area contributed by atoms with Crippen molar-refractivity contribution in [3.8, 4) is 0 Å². The van der Waals surface area contributed by atoms with E-state index in [0.29, 0.717) is 23.9 Å². The molecule has 0 amide bonds. The summed E-state index contributed by atoms with van der Waals surface area (Å²) in [6, 6.07) is 0. The molecule has 0 bridgehead atoms. The lowest BCUT2D eigenvalue weighted by Crippen LogP contribution is -2.60. The number of ether oxygens (including phenoxy) is 1. The van der Waals surface area contributed by atoms with Crippen LogP contribution in [0.15, 0.2) is 0 Å². The fourth-order valence-corrected chi connectivity index (χ4v) is 4.15. The van der Waals surface area contributed by atoms with Crippen molar-refractivity contribution in [3.63, 3.8) is 0 Å². The van der Waals surface area contributed by atoms with Crippen LogP contribution in [-0.4, -0.2) is 36.5 Å². The van der Waals surface area contributed by atoms with Crippen molar-refractivity contribution in [2.24, 2.45) is 17.8 Å². The zero-order valence-electron chi connectivity index (χ0n) is 12.8. The molecule has 1 heterocycles. The smallest absolute Gasteiger partial charge is 0.0700 e. The largest absolute Gasteiger partial charge is 0.394 e. The van der Waals surface area contributed by atoms with Gasteiger partial charge in [0.15, 0.2) is 0 Å². The maximum absolute atomic E-state index is 10.0. The minimum Gasteiger partial charge on any atom is -0.394 e. The molecule has 3 heteroatoms. The van der Waals surface area contributed by atoms with E-state index in [9.17, 15) is 5.11 Å². The standard InChI is InChI=1S/C16H31NO2/c1-12(2)15-7-6-13(3)9-16(15,11-18)17-10-14-5-4-8-19-14/h12-15,17-18H,4-11H2,1-3H3. The molecule has 2 N–H and O–H groups in total. The van der Waals surface area contributed by atoms with Crippen molar-refractivity contribution in [1.82, 2.24) is 5.32 Å². The predicted octanol–water partition coefficient (Wildman–Crippen LogP) is 2.58. The Morgan fingerprint density at radius 3 is 2.68 bits per heavy atom. The van der Waals surface area contributed by atoms with Gasteiger partial charge >= 0.3 is 0 Å². The molecule has 0 aromatic heterocycles. The second-order valence-corrected chi connectivity index (χ2v) is 7.07. The SMILES string of the molecule is CC1CCC(C(C)C)C(CO)(NCC2CCCO2)C1. The lowest BCUT2D eigenvalue weighted by atomic mass is 9.65. The normalized spacial score (nSPS) is 39.9. The molecule has 0 spiro atoms. The van der Waals surface area contributed by atoms with E-state index in [-0.39, 0.29) is 12.1 Å². The fourth-order valence-electron chi connectivity index (χ4n) is 4.15. The number of hydrogen-bond donors (Lipinski definition) is 2. The molecule has 0 aromatic carbocycles. The van der Waals surface area contributed by atoms with Crippen LogP contribution in [0.3, 0.4) is 0 Å². The molecule has 4 atom stereocenters. The number of aliphatic hydroxyl groups excluding tert-OH is 1. The van der Waals surface area contributed by atoms with E-state index in [1.54, 1.807) is 0 Å². The van der Waals surface area contributed by atoms with Gasteiger partial charge in [0.25, 0.3) is 0 Å². The summed E-state index contributed by atoms with van der Waals surface area (Å²) >= 11 is 0. The maximum atomic E-state index is 10.0. The van der Waals surface area contributed by atoms with E-state index < -0.39 is 0 Å². The summed E-state index contributed by atoms with van der Waals surface area (Å²) < 4.78 is 5.71. The van der Waals surface area contributed by atoms with Crippen LogP contribution in [0.25, 0.3) is 0 Å². The van der Waals surface area contributed by atoms with Crippen LogP contribution in [0, 0.1) is 17.8 Å². The summed E-state index contributed by atoms with van der Waals surface area (Å²) in [7, 11) is 0. The van der Waals surface area contributed by atoms with Crippen molar-refractivity contribution in [1.29, 1.82) is 0 Å². The van der Waals surface area contributed by atoms with E-state index in [1.165, 1.54) is 19.3 Å². The summed E-state index contributed by atoms with van der Waals surface area (Å²) in [5.41, 5.74) is -0.0855. The highest BCUT2D eigenvalue weighted by Crippen LogP contribution is 2.41. The molecule has 19 heavy (non-hydrogen) atoms. The highest BCUT2D eigenvalue weighted by Gasteiger charge is 2.43. The number of aliphatic hydroxyl groups is 1. The van der Waals surface area contributed by atoms with E-state index in [0.717, 1.165) is 26.0 Å². The summed E-state index contributed by atoms with van der Waals surface area (Å²) in [6.07, 6.45) is 6.33. The van der Waals surface area contributed by atoms with E-state index in [2.05, 4.69) is 26.1 Å². The second kappa shape index (κ2) is 6.55. The van der Waals surface area contributed by atoms with Crippen molar-refractivity contribution in [3.05, 3.63) is 0 Å². The third kappa shape index (κ3) is 3.50. The summed E-state index contributed by atoms with van der Waals surface area (Å²) in [5, 5.41) is 13.8. The molecule has 3 nitrogen and oxygen atoms in total. The van der Waals surface area contributed by atoms with Gasteiger partial charge in [-0.1, -0.05) is 27.2 Å². The van der Waals surface area contributed by atoms with Gasteiger partial charge in [0, 0.05) is 18.7 Å². The predicted molar refractivity (Wildman–Crippen MR) is 78.1 cm³/mol. The first-order valence-electron chi connectivity index (χ1n) is 8.05. The van der Waals surface area contributed by atoms with Crippen molar-refractivity contribution < 1.29 is 9.84 Å². The quantitative estimate of drug-likeness (QED) is 0.806. The average molecular weight is 269 g/mol. The Morgan fingerprint density at radius 2 is 2.11 bits per heavy atom. The minimum absolute atomic E-state index is 0.0855. The zero-order valence-corrected chi connectivity index (χ0v) is 12.8. The summed E-state index contributed by atoms with van der Waals surface area (Å²) in [4.78, 5) is 0. The molecule has 1 aliphatic carbocycles. The molecular weight excluding hydrogens is 238 g/mol. The van der Waals surface area contributed by atoms with Crippen molar-refractivity contribution in [2.45, 2.75) is 64.5 Å². The van der Waals surface area contributed by atoms with Gasteiger partial charge in [-0.3, -0.25) is 0 Å². The van der Waals surface area contributed by atoms with Crippen LogP contribution in [0.4, 0.5) is 0 Å². The molecule has 4 unspecified atom stereocenters. The lowest BCUT2D eigenvalue weighted by molar-refractivity contribution is 0.0103. The van der Waals surface area contributed by atoms with Gasteiger partial charge < -0.3 is 15.2 Å². The van der Waals surface area contributed by atoms with Crippen LogP contribution in [0.2, 0.25) is 0 Å². The van der Waals surface area contributed by atoms with Crippen LogP contribution >= 0.6 is 0 Å². The van der Waals surface area contributed by atoms with Crippen molar-refractivity contribution in [2.75, 3.05) is 19.8 Å². The number of hydrogen-bond acceptors (Lipinski definition) is 3. The van der Waals surface area contributed by atoms with Crippen LogP contribution < -0.4 is 5.32 Å². The van der Waals surface area contributed by atoms with E-state index in [1.807, 2.05) is 0 Å². The van der Waals surface area contributed by atoms with Gasteiger partial charge in [0.05, 0.1) is 12.7 Å². The molecule has 0 aromatic rings. The Labute approximate surface area is 118 Å². The Bertz CT molecular complexity index is 276. The first-order chi connectivity index (χ1) is 9.07. The molecular formula is C16H31NO2. The monoisotopic (exact) mass is 269 g/mol. The number of nitrogens with one attached hydrogen (secondary N) is 1. The highest BCUT2D eigenvalue weighted by atomic mass is 16.5. The first-order valence-corrected chi connectivity index (χ1v) is 8.05. The zero-order chi connectivity index (χ0) is 13.9. The van der Waals surface area contributed by atoms with Gasteiger partial charge in [-0.2, -0.15) is 0 Å². The Balaban J connectivity index is 2.02. The van der Waals surface area contributed by atoms with Crippen molar-refractivity contribution >= 4 is 0 Å². The topological polar surface area (TPSA) is 41.5 Å². The van der Waals surface area contributed by atoms with E-state index >= 15 is 0 Å². The third-order valence-corrected chi connectivity index (χ3v) is 5.19. The van der Waals surface area contributed by atoms with Gasteiger partial charge in [-0.25, -0.2) is 0 Å². The van der Waals surface area contributed by atoms with Crippen LogP contribution in [0.5, 0.6) is 0 Å². The summed E-state index contributed by atoms with van der Waals surface area (Å²) in [5.74, 6) is 1.91. The van der Waals surface area contributed by atoms with Gasteiger partial charge in [-0.05, 0) is 43.4 Å². The van der Waals surface area contributed by atoms with E-state index in [4.69, 9.17) is 4.74 Å². The van der Waals surface area contributed by atoms with Gasteiger partial charge in [-0.15, -0.1) is 0 Å². The van der Waals surface area contributed by atoms with Gasteiger partial charge in [0.2, 0.25) is 0 Å². The molecule has 2 aliphatic rings.